The lowest BCUT2D eigenvalue weighted by Gasteiger charge is -2.31. The molecule has 0 unspecified atom stereocenters. The molecule has 0 fully saturated rings. The molecule has 1 aromatic carbocycles. The number of hydrogen-bond acceptors (Lipinski definition) is 2. The minimum absolute atomic E-state index is 0.0351. The molecule has 0 atom stereocenters. The zero-order valence-corrected chi connectivity index (χ0v) is 18.6. The second-order valence-electron chi connectivity index (χ2n) is 9.48. The largest absolute Gasteiger partial charge is 0.291 e. The number of halogens is 1. The molecule has 1 aromatic heterocycles. The number of nitrogens with one attached hydrogen (secondary N) is 1. The van der Waals surface area contributed by atoms with Crippen LogP contribution < -0.4 is 16.1 Å². The van der Waals surface area contributed by atoms with Crippen molar-refractivity contribution in [1.82, 2.24) is 9.78 Å². The highest BCUT2D eigenvalue weighted by atomic mass is 35.5. The Bertz CT molecular complexity index is 1170. The fraction of sp³-hybridized carbons (Fsp3) is 0.333. The van der Waals surface area contributed by atoms with Gasteiger partial charge in [0.2, 0.25) is 0 Å². The van der Waals surface area contributed by atoms with Crippen molar-refractivity contribution >= 4 is 29.5 Å². The predicted molar refractivity (Wildman–Crippen MR) is 120 cm³/mol. The third kappa shape index (κ3) is 3.95. The van der Waals surface area contributed by atoms with Crippen LogP contribution in [0.2, 0.25) is 5.02 Å². The maximum atomic E-state index is 13.3. The summed E-state index contributed by atoms with van der Waals surface area (Å²) in [7, 11) is 0. The van der Waals surface area contributed by atoms with Crippen molar-refractivity contribution in [2.75, 3.05) is 0 Å². The van der Waals surface area contributed by atoms with E-state index in [2.05, 4.69) is 11.7 Å². The highest BCUT2D eigenvalue weighted by Gasteiger charge is 2.34. The van der Waals surface area contributed by atoms with Crippen LogP contribution in [0.4, 0.5) is 0 Å². The Morgan fingerprint density at radius 3 is 1.83 bits per heavy atom. The quantitative estimate of drug-likeness (QED) is 0.774. The first kappa shape index (κ1) is 21.1. The molecular formula is C24H27ClN2O2. The van der Waals surface area contributed by atoms with Crippen LogP contribution in [0.1, 0.15) is 41.5 Å². The standard InChI is InChI=1S/C24H27ClN2O2/c1-14-20(22(29)27(26-14)17-10-8-16(25)9-11-17)15-12-18(23(2,3)4)21(28)19(13-15)24(5,6)7/h8-13,26H,1H2,2-7H3. The summed E-state index contributed by atoms with van der Waals surface area (Å²) < 4.78 is 1.45. The fourth-order valence-corrected chi connectivity index (χ4v) is 3.57. The van der Waals surface area contributed by atoms with Gasteiger partial charge in [-0.15, -0.1) is 0 Å². The van der Waals surface area contributed by atoms with Crippen LogP contribution in [0.5, 0.6) is 0 Å². The van der Waals surface area contributed by atoms with E-state index in [1.54, 1.807) is 24.3 Å². The van der Waals surface area contributed by atoms with Gasteiger partial charge in [0.1, 0.15) is 0 Å². The highest BCUT2D eigenvalue weighted by Crippen LogP contribution is 2.38. The Morgan fingerprint density at radius 1 is 0.897 bits per heavy atom. The van der Waals surface area contributed by atoms with Gasteiger partial charge in [-0.25, -0.2) is 4.68 Å². The molecule has 3 rings (SSSR count). The van der Waals surface area contributed by atoms with Gasteiger partial charge in [-0.05, 0) is 52.8 Å². The highest BCUT2D eigenvalue weighted by molar-refractivity contribution is 6.30. The van der Waals surface area contributed by atoms with Crippen molar-refractivity contribution in [3.05, 3.63) is 73.5 Å². The minimum Gasteiger partial charge on any atom is -0.291 e. The lowest BCUT2D eigenvalue weighted by atomic mass is 9.72. The number of benzene rings is 1. The van der Waals surface area contributed by atoms with Gasteiger partial charge in [-0.3, -0.25) is 14.7 Å². The Balaban J connectivity index is 2.37. The van der Waals surface area contributed by atoms with Gasteiger partial charge in [0, 0.05) is 16.2 Å². The lowest BCUT2D eigenvalue weighted by Crippen LogP contribution is -2.37. The number of carbonyl (C=O) groups is 1. The molecule has 0 saturated heterocycles. The van der Waals surface area contributed by atoms with Gasteiger partial charge >= 0.3 is 0 Å². The molecule has 1 heterocycles. The average molecular weight is 411 g/mol. The third-order valence-electron chi connectivity index (χ3n) is 5.04. The summed E-state index contributed by atoms with van der Waals surface area (Å²) in [6.45, 7) is 16.1. The van der Waals surface area contributed by atoms with Crippen LogP contribution in [0, 0.1) is 10.8 Å². The van der Waals surface area contributed by atoms with E-state index < -0.39 is 0 Å². The Labute approximate surface area is 175 Å². The Hall–Kier alpha value is -2.59. The normalized spacial score (nSPS) is 15.4. The molecule has 0 saturated carbocycles. The van der Waals surface area contributed by atoms with Crippen LogP contribution in [-0.2, 0) is 4.79 Å². The molecule has 152 valence electrons. The molecule has 1 aliphatic carbocycles. The third-order valence-corrected chi connectivity index (χ3v) is 5.30. The number of aromatic nitrogens is 2. The van der Waals surface area contributed by atoms with Crippen molar-refractivity contribution in [2.45, 2.75) is 41.5 Å². The molecule has 0 radical (unpaired) electrons. The van der Waals surface area contributed by atoms with Gasteiger partial charge < -0.3 is 0 Å². The topological polar surface area (TPSA) is 54.9 Å². The van der Waals surface area contributed by atoms with Crippen LogP contribution in [0.3, 0.4) is 0 Å². The van der Waals surface area contributed by atoms with Gasteiger partial charge in [0.15, 0.2) is 5.78 Å². The van der Waals surface area contributed by atoms with Gasteiger partial charge in [-0.1, -0.05) is 59.7 Å². The van der Waals surface area contributed by atoms with Gasteiger partial charge in [0.25, 0.3) is 5.56 Å². The van der Waals surface area contributed by atoms with Crippen molar-refractivity contribution in [1.29, 1.82) is 0 Å². The monoisotopic (exact) mass is 410 g/mol. The van der Waals surface area contributed by atoms with E-state index in [0.29, 0.717) is 38.0 Å². The van der Waals surface area contributed by atoms with Crippen molar-refractivity contribution < 1.29 is 4.79 Å². The maximum Gasteiger partial charge on any atom is 0.279 e. The summed E-state index contributed by atoms with van der Waals surface area (Å²) in [5, 5.41) is 4.62. The molecular weight excluding hydrogens is 384 g/mol. The molecule has 2 aromatic rings. The molecule has 0 bridgehead atoms. The second-order valence-corrected chi connectivity index (χ2v) is 9.92. The summed E-state index contributed by atoms with van der Waals surface area (Å²) in [5.41, 5.74) is 1.85. The van der Waals surface area contributed by atoms with Gasteiger partial charge in [0.05, 0.1) is 16.3 Å². The molecule has 29 heavy (non-hydrogen) atoms. The van der Waals surface area contributed by atoms with Gasteiger partial charge in [-0.2, -0.15) is 0 Å². The average Bonchev–Trinajstić information content (AvgIpc) is 2.88. The zero-order valence-electron chi connectivity index (χ0n) is 17.8. The molecule has 5 heteroatoms. The number of carbonyl (C=O) groups excluding carboxylic acids is 1. The first-order chi connectivity index (χ1) is 13.3. The Morgan fingerprint density at radius 2 is 1.38 bits per heavy atom. The summed E-state index contributed by atoms with van der Waals surface area (Å²) in [6, 6.07) is 7.00. The van der Waals surface area contributed by atoms with Crippen LogP contribution >= 0.6 is 11.6 Å². The van der Waals surface area contributed by atoms with E-state index >= 15 is 0 Å². The number of rotatable bonds is 1. The van der Waals surface area contributed by atoms with E-state index in [0.717, 1.165) is 0 Å². The summed E-state index contributed by atoms with van der Waals surface area (Å²) >= 11 is 5.97. The van der Waals surface area contributed by atoms with E-state index in [1.807, 2.05) is 53.7 Å². The molecule has 1 aliphatic rings. The number of nitrogens with zero attached hydrogens (tertiary/aromatic N) is 1. The van der Waals surface area contributed by atoms with Crippen molar-refractivity contribution in [3.63, 3.8) is 0 Å². The van der Waals surface area contributed by atoms with E-state index in [9.17, 15) is 9.59 Å². The molecule has 0 amide bonds. The fourth-order valence-electron chi connectivity index (χ4n) is 3.44. The Kier molecular flexibility index (Phi) is 5.12. The summed E-state index contributed by atoms with van der Waals surface area (Å²) in [4.78, 5) is 26.4. The number of H-pyrrole nitrogens is 1. The lowest BCUT2D eigenvalue weighted by molar-refractivity contribution is -0.114. The number of allylic oxidation sites excluding steroid dienone is 4. The zero-order chi connectivity index (χ0) is 21.7. The predicted octanol–water partition coefficient (Wildman–Crippen LogP) is 3.91. The SMILES string of the molecule is C=c1[nH]n(-c2ccc(Cl)cc2)c(=O)c1=C1C=C(C(C)(C)C)C(=O)C(C(C)(C)C)=C1. The smallest absolute Gasteiger partial charge is 0.279 e. The minimum atomic E-state index is -0.347. The van der Waals surface area contributed by atoms with Crippen LogP contribution in [0.15, 0.2) is 52.4 Å². The number of aromatic amines is 1. The van der Waals surface area contributed by atoms with E-state index in [4.69, 9.17) is 11.6 Å². The first-order valence-corrected chi connectivity index (χ1v) is 9.98. The first-order valence-electron chi connectivity index (χ1n) is 9.60. The molecule has 1 N–H and O–H groups in total. The van der Waals surface area contributed by atoms with Crippen molar-refractivity contribution in [3.8, 4) is 5.69 Å². The van der Waals surface area contributed by atoms with E-state index in [1.165, 1.54) is 4.68 Å². The van der Waals surface area contributed by atoms with Crippen molar-refractivity contribution in [2.24, 2.45) is 10.8 Å². The maximum absolute atomic E-state index is 13.3. The summed E-state index contributed by atoms with van der Waals surface area (Å²) in [5.74, 6) is 0.0351. The van der Waals surface area contributed by atoms with Crippen LogP contribution in [0.25, 0.3) is 17.8 Å². The van der Waals surface area contributed by atoms with Crippen LogP contribution in [-0.4, -0.2) is 15.6 Å². The summed E-state index contributed by atoms with van der Waals surface area (Å²) in [6.07, 6.45) is 3.67. The number of hydrogen-bond donors (Lipinski definition) is 1. The number of Topliss-reactive ketones (excluding diaryl/α,β-unsaturated/α-hetero) is 1. The molecule has 0 spiro atoms. The molecule has 0 aliphatic heterocycles. The number of ketones is 1. The van der Waals surface area contributed by atoms with E-state index in [-0.39, 0.29) is 22.2 Å². The second kappa shape index (κ2) is 7.03. The molecule has 4 nitrogen and oxygen atoms in total.